The van der Waals surface area contributed by atoms with Crippen LogP contribution in [0.2, 0.25) is 0 Å². The molecule has 0 aromatic heterocycles. The fraction of sp³-hybridized carbons (Fsp3) is 0.467. The Morgan fingerprint density at radius 2 is 2.18 bits per heavy atom. The molecule has 0 aliphatic rings. The Bertz CT molecular complexity index is 385. The second-order valence-corrected chi connectivity index (χ2v) is 4.38. The topological polar surface area (TPSA) is 29.5 Å². The second-order valence-electron chi connectivity index (χ2n) is 4.38. The van der Waals surface area contributed by atoms with E-state index in [4.69, 9.17) is 9.84 Å². The lowest BCUT2D eigenvalue weighted by Crippen LogP contribution is -2.01. The molecule has 0 spiro atoms. The average molecular weight is 232 g/mol. The summed E-state index contributed by atoms with van der Waals surface area (Å²) in [6, 6.07) is 8.02. The van der Waals surface area contributed by atoms with E-state index in [1.807, 2.05) is 24.3 Å². The number of hydrogen-bond acceptors (Lipinski definition) is 2. The van der Waals surface area contributed by atoms with Crippen molar-refractivity contribution < 1.29 is 9.84 Å². The van der Waals surface area contributed by atoms with Crippen LogP contribution >= 0.6 is 0 Å². The molecule has 1 N–H and O–H groups in total. The number of benzene rings is 1. The minimum absolute atomic E-state index is 0.115. The zero-order valence-corrected chi connectivity index (χ0v) is 10.6. The van der Waals surface area contributed by atoms with Crippen LogP contribution in [-0.2, 0) is 11.3 Å². The van der Waals surface area contributed by atoms with Crippen molar-refractivity contribution in [3.05, 3.63) is 35.4 Å². The summed E-state index contributed by atoms with van der Waals surface area (Å²) in [6.45, 7) is 5.80. The van der Waals surface area contributed by atoms with Gasteiger partial charge in [0, 0.05) is 18.6 Å². The van der Waals surface area contributed by atoms with Crippen molar-refractivity contribution in [1.29, 1.82) is 0 Å². The van der Waals surface area contributed by atoms with Crippen molar-refractivity contribution in [2.24, 2.45) is 5.92 Å². The third-order valence-corrected chi connectivity index (χ3v) is 2.12. The Hall–Kier alpha value is -1.30. The second kappa shape index (κ2) is 7.89. The van der Waals surface area contributed by atoms with Crippen LogP contribution in [0, 0.1) is 17.8 Å². The lowest BCUT2D eigenvalue weighted by molar-refractivity contribution is 0.0971. The first-order valence-corrected chi connectivity index (χ1v) is 5.99. The Balaban J connectivity index is 2.51. The molecule has 92 valence electrons. The molecule has 17 heavy (non-hydrogen) atoms. The molecule has 0 saturated carbocycles. The van der Waals surface area contributed by atoms with E-state index < -0.39 is 0 Å². The number of rotatable bonds is 5. The van der Waals surface area contributed by atoms with Crippen LogP contribution in [0.1, 0.15) is 31.4 Å². The predicted molar refractivity (Wildman–Crippen MR) is 69.5 cm³/mol. The molecule has 0 unspecified atom stereocenters. The summed E-state index contributed by atoms with van der Waals surface area (Å²) in [5.41, 5.74) is 2.12. The zero-order chi connectivity index (χ0) is 12.5. The third-order valence-electron chi connectivity index (χ3n) is 2.12. The molecule has 2 heteroatoms. The maximum atomic E-state index is 8.64. The normalized spacial score (nSPS) is 10.1. The monoisotopic (exact) mass is 232 g/mol. The van der Waals surface area contributed by atoms with Gasteiger partial charge < -0.3 is 9.84 Å². The molecule has 2 nitrogen and oxygen atoms in total. The van der Waals surface area contributed by atoms with Crippen molar-refractivity contribution >= 4 is 0 Å². The quantitative estimate of drug-likeness (QED) is 0.791. The van der Waals surface area contributed by atoms with E-state index in [1.54, 1.807) is 0 Å². The Labute approximate surface area is 104 Å². The fourth-order valence-corrected chi connectivity index (χ4v) is 1.37. The van der Waals surface area contributed by atoms with Gasteiger partial charge in [0.15, 0.2) is 0 Å². The number of hydrogen-bond donors (Lipinski definition) is 1. The van der Waals surface area contributed by atoms with Gasteiger partial charge in [0.2, 0.25) is 0 Å². The summed E-state index contributed by atoms with van der Waals surface area (Å²) in [4.78, 5) is 0. The SMILES string of the molecule is CC(C)COCc1cccc(C#CCCO)c1. The van der Waals surface area contributed by atoms with Crippen LogP contribution in [-0.4, -0.2) is 18.3 Å². The molecule has 1 aromatic rings. The van der Waals surface area contributed by atoms with Crippen LogP contribution in [0.25, 0.3) is 0 Å². The van der Waals surface area contributed by atoms with Gasteiger partial charge in [-0.2, -0.15) is 0 Å². The highest BCUT2D eigenvalue weighted by Crippen LogP contribution is 2.06. The Morgan fingerprint density at radius 3 is 2.88 bits per heavy atom. The first-order valence-electron chi connectivity index (χ1n) is 5.99. The molecule has 0 amide bonds. The van der Waals surface area contributed by atoms with Gasteiger partial charge in [-0.25, -0.2) is 0 Å². The Kier molecular flexibility index (Phi) is 6.39. The van der Waals surface area contributed by atoms with Gasteiger partial charge in [-0.1, -0.05) is 37.8 Å². The third kappa shape index (κ3) is 6.11. The first-order chi connectivity index (χ1) is 8.22. The smallest absolute Gasteiger partial charge is 0.0717 e. The molecule has 0 saturated heterocycles. The van der Waals surface area contributed by atoms with E-state index in [2.05, 4.69) is 25.7 Å². The maximum absolute atomic E-state index is 8.64. The van der Waals surface area contributed by atoms with Gasteiger partial charge in [0.25, 0.3) is 0 Å². The minimum atomic E-state index is 0.115. The zero-order valence-electron chi connectivity index (χ0n) is 10.6. The van der Waals surface area contributed by atoms with E-state index in [0.717, 1.165) is 17.7 Å². The molecule has 1 rings (SSSR count). The van der Waals surface area contributed by atoms with E-state index >= 15 is 0 Å². The fourth-order valence-electron chi connectivity index (χ4n) is 1.37. The molecule has 0 radical (unpaired) electrons. The Morgan fingerprint density at radius 1 is 1.35 bits per heavy atom. The van der Waals surface area contributed by atoms with Gasteiger partial charge in [0.1, 0.15) is 0 Å². The van der Waals surface area contributed by atoms with E-state index in [-0.39, 0.29) is 6.61 Å². The molecule has 0 fully saturated rings. The van der Waals surface area contributed by atoms with Crippen molar-refractivity contribution in [2.45, 2.75) is 26.9 Å². The highest BCUT2D eigenvalue weighted by atomic mass is 16.5. The van der Waals surface area contributed by atoms with Crippen molar-refractivity contribution in [3.63, 3.8) is 0 Å². The molecule has 0 aliphatic heterocycles. The molecule has 1 aromatic carbocycles. The first kappa shape index (κ1) is 13.8. The number of ether oxygens (including phenoxy) is 1. The summed E-state index contributed by atoms with van der Waals surface area (Å²) in [6.07, 6.45) is 0.522. The van der Waals surface area contributed by atoms with Crippen LogP contribution in [0.4, 0.5) is 0 Å². The van der Waals surface area contributed by atoms with Crippen molar-refractivity contribution in [3.8, 4) is 11.8 Å². The number of aliphatic hydroxyl groups excluding tert-OH is 1. The summed E-state index contributed by atoms with van der Waals surface area (Å²) >= 11 is 0. The summed E-state index contributed by atoms with van der Waals surface area (Å²) < 4.78 is 5.57. The molecule has 0 heterocycles. The lowest BCUT2D eigenvalue weighted by atomic mass is 10.1. The summed E-state index contributed by atoms with van der Waals surface area (Å²) in [5, 5.41) is 8.64. The summed E-state index contributed by atoms with van der Waals surface area (Å²) in [5.74, 6) is 6.49. The van der Waals surface area contributed by atoms with Gasteiger partial charge in [0.05, 0.1) is 13.2 Å². The molecular formula is C15H20O2. The summed E-state index contributed by atoms with van der Waals surface area (Å²) in [7, 11) is 0. The van der Waals surface area contributed by atoms with Crippen LogP contribution in [0.5, 0.6) is 0 Å². The average Bonchev–Trinajstić information content (AvgIpc) is 2.29. The molecule has 0 bridgehead atoms. The van der Waals surface area contributed by atoms with Gasteiger partial charge in [-0.05, 0) is 23.6 Å². The van der Waals surface area contributed by atoms with Crippen molar-refractivity contribution in [1.82, 2.24) is 0 Å². The number of aliphatic hydroxyl groups is 1. The minimum Gasteiger partial charge on any atom is -0.395 e. The van der Waals surface area contributed by atoms with Crippen LogP contribution in [0.3, 0.4) is 0 Å². The van der Waals surface area contributed by atoms with Crippen LogP contribution in [0.15, 0.2) is 24.3 Å². The van der Waals surface area contributed by atoms with Gasteiger partial charge >= 0.3 is 0 Å². The highest BCUT2D eigenvalue weighted by molar-refractivity contribution is 5.36. The largest absolute Gasteiger partial charge is 0.395 e. The van der Waals surface area contributed by atoms with E-state index in [9.17, 15) is 0 Å². The molecular weight excluding hydrogens is 212 g/mol. The predicted octanol–water partition coefficient (Wildman–Crippen LogP) is 2.59. The van der Waals surface area contributed by atoms with Crippen molar-refractivity contribution in [2.75, 3.05) is 13.2 Å². The molecule has 0 aliphatic carbocycles. The van der Waals surface area contributed by atoms with E-state index in [0.29, 0.717) is 18.9 Å². The van der Waals surface area contributed by atoms with Gasteiger partial charge in [-0.15, -0.1) is 0 Å². The van der Waals surface area contributed by atoms with E-state index in [1.165, 1.54) is 0 Å². The lowest BCUT2D eigenvalue weighted by Gasteiger charge is -2.06. The molecule has 0 atom stereocenters. The van der Waals surface area contributed by atoms with Crippen LogP contribution < -0.4 is 0 Å². The highest BCUT2D eigenvalue weighted by Gasteiger charge is 1.96. The standard InChI is InChI=1S/C15H20O2/c1-13(2)11-17-12-15-8-5-7-14(10-15)6-3-4-9-16/h5,7-8,10,13,16H,4,9,11-12H2,1-2H3. The van der Waals surface area contributed by atoms with Gasteiger partial charge in [-0.3, -0.25) is 0 Å². The maximum Gasteiger partial charge on any atom is 0.0717 e.